The molecule has 0 unspecified atom stereocenters. The molecule has 22 heavy (non-hydrogen) atoms. The van der Waals surface area contributed by atoms with Crippen LogP contribution in [0.3, 0.4) is 0 Å². The molecule has 0 saturated heterocycles. The van der Waals surface area contributed by atoms with E-state index in [0.717, 1.165) is 9.71 Å². The second-order valence-corrected chi connectivity index (χ2v) is 7.10. The fourth-order valence-electron chi connectivity index (χ4n) is 2.05. The van der Waals surface area contributed by atoms with Crippen LogP contribution >= 0.6 is 46.1 Å². The molecule has 3 rings (SSSR count). The maximum atomic E-state index is 12.3. The van der Waals surface area contributed by atoms with E-state index in [1.807, 2.05) is 13.0 Å². The van der Waals surface area contributed by atoms with E-state index in [1.54, 1.807) is 35.6 Å². The molecule has 3 nitrogen and oxygen atoms in total. The minimum atomic E-state index is -0.336. The molecule has 0 bridgehead atoms. The number of halogens is 3. The van der Waals surface area contributed by atoms with Crippen LogP contribution in [0.25, 0.3) is 10.2 Å². The molecule has 7 heteroatoms. The first kappa shape index (κ1) is 15.6. The Morgan fingerprint density at radius 3 is 2.50 bits per heavy atom. The van der Waals surface area contributed by atoms with Crippen LogP contribution in [0.15, 0.2) is 30.3 Å². The molecule has 0 radical (unpaired) electrons. The molecule has 1 N–H and O–H groups in total. The molecular weight excluding hydrogens is 363 g/mol. The second-order valence-electron chi connectivity index (χ2n) is 4.62. The fraction of sp³-hybridized carbons (Fsp3) is 0.0667. The van der Waals surface area contributed by atoms with E-state index >= 15 is 0 Å². The van der Waals surface area contributed by atoms with E-state index < -0.39 is 0 Å². The molecule has 0 aliphatic rings. The minimum absolute atomic E-state index is 0.336. The van der Waals surface area contributed by atoms with Crippen molar-refractivity contribution in [1.82, 2.24) is 4.98 Å². The SMILES string of the molecule is Cc1nc2c(Cl)c(NC(=O)c3cc(Cl)cc(Cl)c3)ccc2s1. The van der Waals surface area contributed by atoms with Gasteiger partial charge < -0.3 is 5.32 Å². The normalized spacial score (nSPS) is 10.9. The van der Waals surface area contributed by atoms with E-state index in [0.29, 0.717) is 31.8 Å². The minimum Gasteiger partial charge on any atom is -0.321 e. The Balaban J connectivity index is 1.95. The molecule has 0 fully saturated rings. The molecule has 0 aliphatic heterocycles. The summed E-state index contributed by atoms with van der Waals surface area (Å²) in [5.74, 6) is -0.336. The van der Waals surface area contributed by atoms with Crippen molar-refractivity contribution in [3.63, 3.8) is 0 Å². The molecule has 0 spiro atoms. The molecule has 2 aromatic carbocycles. The molecular formula is C15H9Cl3N2OS. The first-order chi connectivity index (χ1) is 10.4. The number of aryl methyl sites for hydroxylation is 1. The highest BCUT2D eigenvalue weighted by Gasteiger charge is 2.14. The average Bonchev–Trinajstić information content (AvgIpc) is 2.82. The predicted molar refractivity (Wildman–Crippen MR) is 93.8 cm³/mol. The summed E-state index contributed by atoms with van der Waals surface area (Å²) in [6.07, 6.45) is 0. The van der Waals surface area contributed by atoms with Crippen molar-refractivity contribution in [2.75, 3.05) is 5.32 Å². The molecule has 1 amide bonds. The predicted octanol–water partition coefficient (Wildman–Crippen LogP) is 5.82. The van der Waals surface area contributed by atoms with Crippen LogP contribution in [-0.2, 0) is 0 Å². The van der Waals surface area contributed by atoms with E-state index in [2.05, 4.69) is 10.3 Å². The van der Waals surface area contributed by atoms with Gasteiger partial charge in [0.1, 0.15) is 5.52 Å². The van der Waals surface area contributed by atoms with Gasteiger partial charge in [-0.15, -0.1) is 11.3 Å². The number of rotatable bonds is 2. The van der Waals surface area contributed by atoms with Gasteiger partial charge in [-0.3, -0.25) is 4.79 Å². The average molecular weight is 372 g/mol. The third kappa shape index (κ3) is 3.06. The lowest BCUT2D eigenvalue weighted by atomic mass is 10.2. The van der Waals surface area contributed by atoms with Crippen LogP contribution in [0.1, 0.15) is 15.4 Å². The van der Waals surface area contributed by atoms with Crippen LogP contribution in [-0.4, -0.2) is 10.9 Å². The third-order valence-corrected chi connectivity index (χ3v) is 4.73. The second kappa shape index (κ2) is 6.05. The van der Waals surface area contributed by atoms with Gasteiger partial charge in [0.2, 0.25) is 0 Å². The zero-order valence-electron chi connectivity index (χ0n) is 11.3. The number of aromatic nitrogens is 1. The van der Waals surface area contributed by atoms with Gasteiger partial charge in [0.05, 0.1) is 20.4 Å². The van der Waals surface area contributed by atoms with Crippen molar-refractivity contribution in [2.24, 2.45) is 0 Å². The van der Waals surface area contributed by atoms with Gasteiger partial charge in [-0.2, -0.15) is 0 Å². The molecule has 1 aromatic heterocycles. The number of anilines is 1. The highest BCUT2D eigenvalue weighted by Crippen LogP contribution is 2.34. The van der Waals surface area contributed by atoms with Crippen LogP contribution in [0.2, 0.25) is 15.1 Å². The number of fused-ring (bicyclic) bond motifs is 1. The molecule has 1 heterocycles. The van der Waals surface area contributed by atoms with Crippen LogP contribution in [0, 0.1) is 6.92 Å². The first-order valence-electron chi connectivity index (χ1n) is 6.27. The van der Waals surface area contributed by atoms with Crippen molar-refractivity contribution in [2.45, 2.75) is 6.92 Å². The number of carbonyl (C=O) groups is 1. The zero-order valence-corrected chi connectivity index (χ0v) is 14.4. The number of nitrogens with one attached hydrogen (secondary N) is 1. The summed E-state index contributed by atoms with van der Waals surface area (Å²) in [6, 6.07) is 8.29. The number of benzene rings is 2. The number of carbonyl (C=O) groups excluding carboxylic acids is 1. The zero-order chi connectivity index (χ0) is 15.9. The quantitative estimate of drug-likeness (QED) is 0.617. The third-order valence-electron chi connectivity index (χ3n) is 2.98. The number of hydrogen-bond donors (Lipinski definition) is 1. The van der Waals surface area contributed by atoms with Crippen molar-refractivity contribution >= 4 is 68.0 Å². The largest absolute Gasteiger partial charge is 0.321 e. The number of amides is 1. The van der Waals surface area contributed by atoms with E-state index in [4.69, 9.17) is 34.8 Å². The van der Waals surface area contributed by atoms with Gasteiger partial charge in [0.15, 0.2) is 0 Å². The van der Waals surface area contributed by atoms with Crippen molar-refractivity contribution in [1.29, 1.82) is 0 Å². The van der Waals surface area contributed by atoms with Crippen molar-refractivity contribution < 1.29 is 4.79 Å². The summed E-state index contributed by atoms with van der Waals surface area (Å²) < 4.78 is 0.978. The summed E-state index contributed by atoms with van der Waals surface area (Å²) in [4.78, 5) is 16.7. The standard InChI is InChI=1S/C15H9Cl3N2OS/c1-7-19-14-12(22-7)3-2-11(13(14)18)20-15(21)8-4-9(16)6-10(17)5-8/h2-6H,1H3,(H,20,21). The highest BCUT2D eigenvalue weighted by atomic mass is 35.5. The van der Waals surface area contributed by atoms with Crippen LogP contribution in [0.4, 0.5) is 5.69 Å². The van der Waals surface area contributed by atoms with E-state index in [1.165, 1.54) is 0 Å². The van der Waals surface area contributed by atoms with Gasteiger partial charge in [-0.25, -0.2) is 4.98 Å². The summed E-state index contributed by atoms with van der Waals surface area (Å²) in [5.41, 5.74) is 1.55. The van der Waals surface area contributed by atoms with Crippen molar-refractivity contribution in [3.8, 4) is 0 Å². The summed E-state index contributed by atoms with van der Waals surface area (Å²) in [6.45, 7) is 1.91. The van der Waals surface area contributed by atoms with Crippen LogP contribution < -0.4 is 5.32 Å². The number of nitrogens with zero attached hydrogens (tertiary/aromatic N) is 1. The topological polar surface area (TPSA) is 42.0 Å². The maximum absolute atomic E-state index is 12.3. The van der Waals surface area contributed by atoms with Crippen LogP contribution in [0.5, 0.6) is 0 Å². The van der Waals surface area contributed by atoms with Gasteiger partial charge >= 0.3 is 0 Å². The summed E-state index contributed by atoms with van der Waals surface area (Å²) in [5, 5.41) is 4.89. The monoisotopic (exact) mass is 370 g/mol. The molecule has 0 aliphatic carbocycles. The molecule has 0 saturated carbocycles. The van der Waals surface area contributed by atoms with Gasteiger partial charge in [-0.05, 0) is 37.3 Å². The maximum Gasteiger partial charge on any atom is 0.255 e. The lowest BCUT2D eigenvalue weighted by Gasteiger charge is -2.08. The Morgan fingerprint density at radius 2 is 1.82 bits per heavy atom. The van der Waals surface area contributed by atoms with E-state index in [-0.39, 0.29) is 5.91 Å². The Bertz CT molecular complexity index is 872. The Hall–Kier alpha value is -1.33. The Morgan fingerprint density at radius 1 is 1.14 bits per heavy atom. The van der Waals surface area contributed by atoms with E-state index in [9.17, 15) is 4.79 Å². The number of hydrogen-bond acceptors (Lipinski definition) is 3. The van der Waals surface area contributed by atoms with Crippen molar-refractivity contribution in [3.05, 3.63) is 56.0 Å². The van der Waals surface area contributed by atoms with Gasteiger partial charge in [0.25, 0.3) is 5.91 Å². The molecule has 112 valence electrons. The smallest absolute Gasteiger partial charge is 0.255 e. The molecule has 3 aromatic rings. The van der Waals surface area contributed by atoms with Gasteiger partial charge in [0, 0.05) is 15.6 Å². The highest BCUT2D eigenvalue weighted by molar-refractivity contribution is 7.18. The lowest BCUT2D eigenvalue weighted by Crippen LogP contribution is -2.12. The van der Waals surface area contributed by atoms with Gasteiger partial charge in [-0.1, -0.05) is 34.8 Å². The lowest BCUT2D eigenvalue weighted by molar-refractivity contribution is 0.102. The molecule has 0 atom stereocenters. The Kier molecular flexibility index (Phi) is 4.28. The summed E-state index contributed by atoms with van der Waals surface area (Å²) in [7, 11) is 0. The fourth-order valence-corrected chi connectivity index (χ4v) is 3.72. The number of thiazole rings is 1. The Labute approximate surface area is 145 Å². The summed E-state index contributed by atoms with van der Waals surface area (Å²) >= 11 is 19.7. The first-order valence-corrected chi connectivity index (χ1v) is 8.22.